The van der Waals surface area contributed by atoms with Crippen LogP contribution < -0.4 is 4.74 Å². The summed E-state index contributed by atoms with van der Waals surface area (Å²) in [6.45, 7) is 2.78. The van der Waals surface area contributed by atoms with Crippen LogP contribution in [0.4, 0.5) is 0 Å². The summed E-state index contributed by atoms with van der Waals surface area (Å²) in [6, 6.07) is 21.5. The van der Waals surface area contributed by atoms with Crippen LogP contribution in [0.2, 0.25) is 0 Å². The normalized spacial score (nSPS) is 14.8. The van der Waals surface area contributed by atoms with E-state index in [9.17, 15) is 4.79 Å². The van der Waals surface area contributed by atoms with Crippen LogP contribution in [0.5, 0.6) is 5.75 Å². The second-order valence-corrected chi connectivity index (χ2v) is 7.94. The molecule has 1 fully saturated rings. The number of furan rings is 1. The Hall–Kier alpha value is -3.54. The second-order valence-electron chi connectivity index (χ2n) is 7.94. The van der Waals surface area contributed by atoms with Gasteiger partial charge in [-0.25, -0.2) is 4.98 Å². The van der Waals surface area contributed by atoms with Gasteiger partial charge in [-0.05, 0) is 55.2 Å². The van der Waals surface area contributed by atoms with Crippen LogP contribution in [0.15, 0.2) is 77.4 Å². The third-order valence-corrected chi connectivity index (χ3v) is 5.92. The molecule has 1 aliphatic rings. The highest BCUT2D eigenvalue weighted by Gasteiger charge is 2.26. The van der Waals surface area contributed by atoms with Gasteiger partial charge in [-0.1, -0.05) is 30.3 Å². The van der Waals surface area contributed by atoms with Gasteiger partial charge in [-0.2, -0.15) is 0 Å². The SMILES string of the molecule is O=C(c1ccco1)N1CCC(Cn2c(COc3ccccc3)nc3ccccc32)CC1. The number of piperidine rings is 1. The Morgan fingerprint density at radius 3 is 2.55 bits per heavy atom. The number of aromatic nitrogens is 2. The lowest BCUT2D eigenvalue weighted by Crippen LogP contribution is -2.39. The van der Waals surface area contributed by atoms with Gasteiger partial charge in [0.15, 0.2) is 5.76 Å². The number of imidazole rings is 1. The number of carbonyl (C=O) groups is 1. The molecule has 0 spiro atoms. The highest BCUT2D eigenvalue weighted by Crippen LogP contribution is 2.25. The molecule has 2 aromatic carbocycles. The molecule has 1 amide bonds. The topological polar surface area (TPSA) is 60.5 Å². The van der Waals surface area contributed by atoms with Crippen molar-refractivity contribution in [3.8, 4) is 5.75 Å². The molecule has 5 rings (SSSR count). The molecule has 6 nitrogen and oxygen atoms in total. The number of rotatable bonds is 6. The van der Waals surface area contributed by atoms with Gasteiger partial charge < -0.3 is 18.6 Å². The highest BCUT2D eigenvalue weighted by atomic mass is 16.5. The summed E-state index contributed by atoms with van der Waals surface area (Å²) >= 11 is 0. The van der Waals surface area contributed by atoms with Crippen LogP contribution in [0.3, 0.4) is 0 Å². The van der Waals surface area contributed by atoms with E-state index in [-0.39, 0.29) is 5.91 Å². The third-order valence-electron chi connectivity index (χ3n) is 5.92. The summed E-state index contributed by atoms with van der Waals surface area (Å²) in [5, 5.41) is 0. The average Bonchev–Trinajstić information content (AvgIpc) is 3.47. The van der Waals surface area contributed by atoms with Crippen LogP contribution in [0.1, 0.15) is 29.2 Å². The molecular formula is C25H25N3O3. The minimum atomic E-state index is -0.0199. The summed E-state index contributed by atoms with van der Waals surface area (Å²) < 4.78 is 13.5. The van der Waals surface area contributed by atoms with E-state index in [1.165, 1.54) is 0 Å². The first-order chi connectivity index (χ1) is 15.3. The highest BCUT2D eigenvalue weighted by molar-refractivity contribution is 5.91. The number of para-hydroxylation sites is 3. The molecule has 0 unspecified atom stereocenters. The van der Waals surface area contributed by atoms with Crippen molar-refractivity contribution in [3.05, 3.63) is 84.6 Å². The van der Waals surface area contributed by atoms with Crippen molar-refractivity contribution in [1.29, 1.82) is 0 Å². The van der Waals surface area contributed by atoms with Crippen molar-refractivity contribution in [2.75, 3.05) is 13.1 Å². The quantitative estimate of drug-likeness (QED) is 0.456. The summed E-state index contributed by atoms with van der Waals surface area (Å²) in [7, 11) is 0. The molecule has 158 valence electrons. The molecule has 1 aliphatic heterocycles. The first-order valence-corrected chi connectivity index (χ1v) is 10.7. The Kier molecular flexibility index (Phi) is 5.44. The van der Waals surface area contributed by atoms with Crippen LogP contribution in [-0.2, 0) is 13.2 Å². The Morgan fingerprint density at radius 1 is 1.00 bits per heavy atom. The van der Waals surface area contributed by atoms with Crippen molar-refractivity contribution >= 4 is 16.9 Å². The lowest BCUT2D eigenvalue weighted by Gasteiger charge is -2.32. The lowest BCUT2D eigenvalue weighted by molar-refractivity contribution is 0.0650. The molecule has 0 N–H and O–H groups in total. The predicted molar refractivity (Wildman–Crippen MR) is 118 cm³/mol. The van der Waals surface area contributed by atoms with Crippen molar-refractivity contribution < 1.29 is 13.9 Å². The van der Waals surface area contributed by atoms with Crippen LogP contribution in [-0.4, -0.2) is 33.4 Å². The Balaban J connectivity index is 1.29. The van der Waals surface area contributed by atoms with Gasteiger partial charge in [0.2, 0.25) is 0 Å². The maximum atomic E-state index is 12.5. The second kappa shape index (κ2) is 8.68. The molecule has 3 heterocycles. The fourth-order valence-corrected chi connectivity index (χ4v) is 4.24. The van der Waals surface area contributed by atoms with Crippen molar-refractivity contribution in [2.24, 2.45) is 5.92 Å². The number of hydrogen-bond donors (Lipinski definition) is 0. The van der Waals surface area contributed by atoms with Crippen LogP contribution in [0, 0.1) is 5.92 Å². The number of amides is 1. The van der Waals surface area contributed by atoms with Gasteiger partial charge in [0.1, 0.15) is 18.2 Å². The number of benzene rings is 2. The Bertz CT molecular complexity index is 1140. The average molecular weight is 415 g/mol. The molecule has 1 saturated heterocycles. The number of likely N-dealkylation sites (tertiary alicyclic amines) is 1. The zero-order valence-electron chi connectivity index (χ0n) is 17.3. The van der Waals surface area contributed by atoms with E-state index in [1.807, 2.05) is 53.4 Å². The molecule has 0 radical (unpaired) electrons. The third kappa shape index (κ3) is 4.19. The van der Waals surface area contributed by atoms with Gasteiger partial charge in [0, 0.05) is 19.6 Å². The summed E-state index contributed by atoms with van der Waals surface area (Å²) in [4.78, 5) is 19.3. The minimum absolute atomic E-state index is 0.0199. The van der Waals surface area contributed by atoms with Crippen molar-refractivity contribution in [1.82, 2.24) is 14.5 Å². The largest absolute Gasteiger partial charge is 0.486 e. The predicted octanol–water partition coefficient (Wildman–Crippen LogP) is 4.76. The van der Waals surface area contributed by atoms with E-state index >= 15 is 0 Å². The van der Waals surface area contributed by atoms with Gasteiger partial charge in [0.25, 0.3) is 5.91 Å². The first-order valence-electron chi connectivity index (χ1n) is 10.7. The van der Waals surface area contributed by atoms with Crippen LogP contribution in [0.25, 0.3) is 11.0 Å². The molecule has 6 heteroatoms. The summed E-state index contributed by atoms with van der Waals surface area (Å²) in [5.41, 5.74) is 2.11. The molecule has 0 saturated carbocycles. The van der Waals surface area contributed by atoms with Crippen molar-refractivity contribution in [3.63, 3.8) is 0 Å². The number of carbonyl (C=O) groups excluding carboxylic acids is 1. The molecule has 0 atom stereocenters. The van der Waals surface area contributed by atoms with Crippen LogP contribution >= 0.6 is 0 Å². The summed E-state index contributed by atoms with van der Waals surface area (Å²) in [6.07, 6.45) is 3.46. The fourth-order valence-electron chi connectivity index (χ4n) is 4.24. The van der Waals surface area contributed by atoms with Gasteiger partial charge in [-0.15, -0.1) is 0 Å². The van der Waals surface area contributed by atoms with E-state index in [0.29, 0.717) is 18.3 Å². The molecule has 0 aliphatic carbocycles. The number of ether oxygens (including phenoxy) is 1. The molecule has 31 heavy (non-hydrogen) atoms. The standard InChI is InChI=1S/C25H25N3O3/c29-25(23-11-6-16-30-23)27-14-12-19(13-15-27)17-28-22-10-5-4-9-21(22)26-24(28)18-31-20-7-2-1-3-8-20/h1-11,16,19H,12-15,17-18H2. The zero-order chi connectivity index (χ0) is 21.0. The van der Waals surface area contributed by atoms with E-state index in [0.717, 1.165) is 55.1 Å². The maximum Gasteiger partial charge on any atom is 0.289 e. The number of nitrogens with zero attached hydrogens (tertiary/aromatic N) is 3. The zero-order valence-corrected chi connectivity index (χ0v) is 17.3. The van der Waals surface area contributed by atoms with Gasteiger partial charge in [0.05, 0.1) is 17.3 Å². The smallest absolute Gasteiger partial charge is 0.289 e. The lowest BCUT2D eigenvalue weighted by atomic mass is 9.96. The first kappa shape index (κ1) is 19.4. The molecule has 4 aromatic rings. The maximum absolute atomic E-state index is 12.5. The molecule has 0 bridgehead atoms. The Morgan fingerprint density at radius 2 is 1.77 bits per heavy atom. The number of hydrogen-bond acceptors (Lipinski definition) is 4. The van der Waals surface area contributed by atoms with Gasteiger partial charge >= 0.3 is 0 Å². The summed E-state index contributed by atoms with van der Waals surface area (Å²) in [5.74, 6) is 2.65. The van der Waals surface area contributed by atoms with E-state index in [4.69, 9.17) is 14.1 Å². The van der Waals surface area contributed by atoms with E-state index in [1.54, 1.807) is 18.4 Å². The molecule has 2 aromatic heterocycles. The van der Waals surface area contributed by atoms with E-state index in [2.05, 4.69) is 10.6 Å². The monoisotopic (exact) mass is 415 g/mol. The Labute approximate surface area is 181 Å². The fraction of sp³-hybridized carbons (Fsp3) is 0.280. The van der Waals surface area contributed by atoms with E-state index < -0.39 is 0 Å². The molecular weight excluding hydrogens is 390 g/mol. The van der Waals surface area contributed by atoms with Crippen molar-refractivity contribution in [2.45, 2.75) is 26.0 Å². The number of fused-ring (bicyclic) bond motifs is 1. The van der Waals surface area contributed by atoms with Gasteiger partial charge in [-0.3, -0.25) is 4.79 Å². The minimum Gasteiger partial charge on any atom is -0.486 e.